The van der Waals surface area contributed by atoms with Gasteiger partial charge in [0.15, 0.2) is 0 Å². The van der Waals surface area contributed by atoms with E-state index >= 15 is 0 Å². The molecular formula is C13H28N2. The van der Waals surface area contributed by atoms with Gasteiger partial charge in [-0.15, -0.1) is 0 Å². The molecule has 1 atom stereocenters. The van der Waals surface area contributed by atoms with Crippen LogP contribution in [-0.4, -0.2) is 36.1 Å². The van der Waals surface area contributed by atoms with Crippen LogP contribution in [0.4, 0.5) is 0 Å². The van der Waals surface area contributed by atoms with Crippen molar-refractivity contribution in [1.82, 2.24) is 10.2 Å². The van der Waals surface area contributed by atoms with E-state index in [-0.39, 0.29) is 5.54 Å². The molecule has 1 aliphatic rings. The molecule has 1 rings (SSSR count). The van der Waals surface area contributed by atoms with Crippen LogP contribution in [-0.2, 0) is 0 Å². The first-order valence-corrected chi connectivity index (χ1v) is 6.22. The van der Waals surface area contributed by atoms with E-state index in [1.54, 1.807) is 0 Å². The van der Waals surface area contributed by atoms with Crippen LogP contribution in [0.2, 0.25) is 0 Å². The predicted octanol–water partition coefficient (Wildman–Crippen LogP) is 2.49. The second-order valence-corrected chi connectivity index (χ2v) is 6.37. The van der Waals surface area contributed by atoms with Gasteiger partial charge in [-0.3, -0.25) is 4.90 Å². The van der Waals surface area contributed by atoms with Crippen LogP contribution < -0.4 is 5.32 Å². The molecule has 1 fully saturated rings. The zero-order valence-electron chi connectivity index (χ0n) is 11.4. The van der Waals surface area contributed by atoms with Crippen molar-refractivity contribution in [1.29, 1.82) is 0 Å². The van der Waals surface area contributed by atoms with Crippen molar-refractivity contribution in [3.63, 3.8) is 0 Å². The van der Waals surface area contributed by atoms with E-state index in [1.165, 1.54) is 19.4 Å². The molecule has 0 saturated carbocycles. The molecule has 0 aromatic rings. The largest absolute Gasteiger partial charge is 0.319 e. The average molecular weight is 212 g/mol. The number of piperidine rings is 1. The van der Waals surface area contributed by atoms with Crippen LogP contribution in [0.3, 0.4) is 0 Å². The molecule has 1 N–H and O–H groups in total. The zero-order valence-corrected chi connectivity index (χ0v) is 11.4. The van der Waals surface area contributed by atoms with E-state index in [0.717, 1.165) is 12.5 Å². The highest BCUT2D eigenvalue weighted by atomic mass is 15.3. The molecule has 0 radical (unpaired) electrons. The average Bonchev–Trinajstić information content (AvgIpc) is 2.06. The maximum absolute atomic E-state index is 3.34. The Kier molecular flexibility index (Phi) is 3.83. The molecule has 0 spiro atoms. The van der Waals surface area contributed by atoms with Gasteiger partial charge in [0.05, 0.1) is 0 Å². The number of likely N-dealkylation sites (tertiary alicyclic amines) is 1. The zero-order chi connectivity index (χ0) is 11.7. The van der Waals surface area contributed by atoms with Crippen LogP contribution in [0.1, 0.15) is 47.5 Å². The Bertz CT molecular complexity index is 201. The van der Waals surface area contributed by atoms with Gasteiger partial charge in [-0.25, -0.2) is 0 Å². The van der Waals surface area contributed by atoms with Gasteiger partial charge in [0.2, 0.25) is 0 Å². The van der Waals surface area contributed by atoms with Gasteiger partial charge in [-0.2, -0.15) is 0 Å². The maximum Gasteiger partial charge on any atom is 0.0198 e. The van der Waals surface area contributed by atoms with Gasteiger partial charge < -0.3 is 5.32 Å². The van der Waals surface area contributed by atoms with E-state index in [1.807, 2.05) is 0 Å². The first kappa shape index (κ1) is 13.0. The Labute approximate surface area is 95.4 Å². The molecule has 2 nitrogen and oxygen atoms in total. The van der Waals surface area contributed by atoms with Crippen LogP contribution in [0.25, 0.3) is 0 Å². The lowest BCUT2D eigenvalue weighted by atomic mass is 9.76. The summed E-state index contributed by atoms with van der Waals surface area (Å²) in [5.41, 5.74) is 0.607. The summed E-state index contributed by atoms with van der Waals surface area (Å²) in [7, 11) is 2.06. The Morgan fingerprint density at radius 2 is 1.93 bits per heavy atom. The Morgan fingerprint density at radius 3 is 2.40 bits per heavy atom. The van der Waals surface area contributed by atoms with Crippen molar-refractivity contribution in [2.24, 2.45) is 5.92 Å². The molecule has 0 bridgehead atoms. The summed E-state index contributed by atoms with van der Waals surface area (Å²) in [4.78, 5) is 2.67. The topological polar surface area (TPSA) is 15.3 Å². The molecule has 0 aromatic carbocycles. The van der Waals surface area contributed by atoms with Crippen LogP contribution in [0, 0.1) is 5.92 Å². The van der Waals surface area contributed by atoms with Crippen molar-refractivity contribution in [2.45, 2.75) is 58.5 Å². The fourth-order valence-electron chi connectivity index (χ4n) is 3.16. The lowest BCUT2D eigenvalue weighted by Gasteiger charge is -2.54. The van der Waals surface area contributed by atoms with Gasteiger partial charge in [0.25, 0.3) is 0 Å². The fraction of sp³-hybridized carbons (Fsp3) is 1.00. The molecule has 1 aliphatic heterocycles. The summed E-state index contributed by atoms with van der Waals surface area (Å²) in [6, 6.07) is 0. The molecule has 90 valence electrons. The molecule has 0 amide bonds. The second-order valence-electron chi connectivity index (χ2n) is 6.37. The number of hydrogen-bond acceptors (Lipinski definition) is 2. The minimum Gasteiger partial charge on any atom is -0.319 e. The number of rotatable bonds is 2. The molecule has 1 saturated heterocycles. The quantitative estimate of drug-likeness (QED) is 0.756. The highest BCUT2D eigenvalue weighted by Crippen LogP contribution is 2.37. The molecule has 1 heterocycles. The molecule has 2 heteroatoms. The first-order valence-electron chi connectivity index (χ1n) is 6.22. The fourth-order valence-corrected chi connectivity index (χ4v) is 3.16. The summed E-state index contributed by atoms with van der Waals surface area (Å²) in [5, 5.41) is 3.34. The summed E-state index contributed by atoms with van der Waals surface area (Å²) in [6.45, 7) is 14.2. The smallest absolute Gasteiger partial charge is 0.0198 e. The van der Waals surface area contributed by atoms with Crippen molar-refractivity contribution in [2.75, 3.05) is 20.1 Å². The summed E-state index contributed by atoms with van der Waals surface area (Å²) in [6.07, 6.45) is 2.70. The molecular weight excluding hydrogens is 184 g/mol. The molecule has 0 aromatic heterocycles. The van der Waals surface area contributed by atoms with Crippen molar-refractivity contribution in [3.8, 4) is 0 Å². The highest BCUT2D eigenvalue weighted by Gasteiger charge is 2.42. The Balaban J connectivity index is 2.82. The Morgan fingerprint density at radius 1 is 1.33 bits per heavy atom. The maximum atomic E-state index is 3.34. The third-order valence-electron chi connectivity index (χ3n) is 3.89. The van der Waals surface area contributed by atoms with Crippen LogP contribution in [0.5, 0.6) is 0 Å². The van der Waals surface area contributed by atoms with Gasteiger partial charge in [0.1, 0.15) is 0 Å². The van der Waals surface area contributed by atoms with Crippen molar-refractivity contribution in [3.05, 3.63) is 0 Å². The SMILES string of the molecule is CNCC1CCCN(C(C)(C)C)C1(C)C. The van der Waals surface area contributed by atoms with Crippen molar-refractivity contribution >= 4 is 0 Å². The third-order valence-corrected chi connectivity index (χ3v) is 3.89. The second kappa shape index (κ2) is 4.42. The van der Waals surface area contributed by atoms with E-state index in [4.69, 9.17) is 0 Å². The van der Waals surface area contributed by atoms with Crippen LogP contribution in [0.15, 0.2) is 0 Å². The third kappa shape index (κ3) is 2.73. The van der Waals surface area contributed by atoms with Crippen LogP contribution >= 0.6 is 0 Å². The van der Waals surface area contributed by atoms with Gasteiger partial charge in [-0.1, -0.05) is 0 Å². The molecule has 1 unspecified atom stereocenters. The summed E-state index contributed by atoms with van der Waals surface area (Å²) < 4.78 is 0. The van der Waals surface area contributed by atoms with E-state index in [0.29, 0.717) is 5.54 Å². The predicted molar refractivity (Wildman–Crippen MR) is 67.2 cm³/mol. The lowest BCUT2D eigenvalue weighted by Crippen LogP contribution is -2.61. The van der Waals surface area contributed by atoms with Gasteiger partial charge in [0, 0.05) is 11.1 Å². The van der Waals surface area contributed by atoms with E-state index in [9.17, 15) is 0 Å². The first-order chi connectivity index (χ1) is 6.80. The minimum absolute atomic E-state index is 0.288. The van der Waals surface area contributed by atoms with Gasteiger partial charge >= 0.3 is 0 Å². The summed E-state index contributed by atoms with van der Waals surface area (Å²) >= 11 is 0. The summed E-state index contributed by atoms with van der Waals surface area (Å²) in [5.74, 6) is 0.774. The van der Waals surface area contributed by atoms with Gasteiger partial charge in [-0.05, 0) is 73.5 Å². The molecule has 0 aliphatic carbocycles. The lowest BCUT2D eigenvalue weighted by molar-refractivity contribution is -0.0406. The number of nitrogens with zero attached hydrogens (tertiary/aromatic N) is 1. The highest BCUT2D eigenvalue weighted by molar-refractivity contribution is 4.98. The Hall–Kier alpha value is -0.0800. The molecule has 15 heavy (non-hydrogen) atoms. The minimum atomic E-state index is 0.288. The number of hydrogen-bond donors (Lipinski definition) is 1. The number of nitrogens with one attached hydrogen (secondary N) is 1. The van der Waals surface area contributed by atoms with Crippen molar-refractivity contribution < 1.29 is 0 Å². The van der Waals surface area contributed by atoms with E-state index < -0.39 is 0 Å². The monoisotopic (exact) mass is 212 g/mol. The standard InChI is InChI=1S/C13H28N2/c1-12(2,3)15-9-7-8-11(10-14-6)13(15,4)5/h11,14H,7-10H2,1-6H3. The van der Waals surface area contributed by atoms with E-state index in [2.05, 4.69) is 51.9 Å². The normalized spacial score (nSPS) is 28.0.